The molecule has 0 saturated carbocycles. The first-order chi connectivity index (χ1) is 11.6. The molecule has 1 saturated heterocycles. The lowest BCUT2D eigenvalue weighted by Gasteiger charge is -2.27. The monoisotopic (exact) mass is 328 g/mol. The fraction of sp³-hybridized carbons (Fsp3) is 0.444. The van der Waals surface area contributed by atoms with E-state index < -0.39 is 0 Å². The Kier molecular flexibility index (Phi) is 5.27. The number of aryl methyl sites for hydroxylation is 2. The van der Waals surface area contributed by atoms with E-state index in [0.29, 0.717) is 19.8 Å². The van der Waals surface area contributed by atoms with E-state index in [9.17, 15) is 4.79 Å². The lowest BCUT2D eigenvalue weighted by atomic mass is 10.0. The maximum Gasteiger partial charge on any atom is 0.235 e. The fourth-order valence-electron chi connectivity index (χ4n) is 2.97. The summed E-state index contributed by atoms with van der Waals surface area (Å²) in [6.45, 7) is 5.41. The van der Waals surface area contributed by atoms with Gasteiger partial charge in [0.25, 0.3) is 0 Å². The van der Waals surface area contributed by atoms with Crippen molar-refractivity contribution < 1.29 is 9.53 Å². The molecule has 1 amide bonds. The van der Waals surface area contributed by atoms with Crippen LogP contribution < -0.4 is 5.32 Å². The molecular weight excluding hydrogens is 304 g/mol. The second-order valence-electron chi connectivity index (χ2n) is 6.20. The molecular formula is C18H24N4O2. The molecule has 1 N–H and O–H groups in total. The van der Waals surface area contributed by atoms with Gasteiger partial charge in [0.1, 0.15) is 11.9 Å². The summed E-state index contributed by atoms with van der Waals surface area (Å²) in [6.07, 6.45) is 3.65. The second-order valence-corrected chi connectivity index (χ2v) is 6.20. The highest BCUT2D eigenvalue weighted by atomic mass is 16.5. The Morgan fingerprint density at radius 3 is 2.83 bits per heavy atom. The number of carbonyl (C=O) groups excluding carboxylic acids is 1. The quantitative estimate of drug-likeness (QED) is 0.898. The van der Waals surface area contributed by atoms with E-state index >= 15 is 0 Å². The topological polar surface area (TPSA) is 59.4 Å². The highest BCUT2D eigenvalue weighted by molar-refractivity contribution is 5.79. The predicted octanol–water partition coefficient (Wildman–Crippen LogP) is 1.27. The number of ether oxygens (including phenoxy) is 1. The summed E-state index contributed by atoms with van der Waals surface area (Å²) in [4.78, 5) is 19.1. The number of amides is 1. The van der Waals surface area contributed by atoms with Crippen LogP contribution in [0.25, 0.3) is 0 Å². The third-order valence-electron chi connectivity index (χ3n) is 4.27. The van der Waals surface area contributed by atoms with Crippen LogP contribution in [-0.2, 0) is 16.6 Å². The van der Waals surface area contributed by atoms with E-state index in [0.717, 1.165) is 30.0 Å². The minimum Gasteiger partial charge on any atom is -0.379 e. The van der Waals surface area contributed by atoms with Crippen LogP contribution in [0.4, 0.5) is 0 Å². The number of aromatic nitrogens is 2. The molecule has 1 aliphatic rings. The summed E-state index contributed by atoms with van der Waals surface area (Å²) < 4.78 is 7.28. The van der Waals surface area contributed by atoms with Crippen molar-refractivity contribution in [2.45, 2.75) is 13.0 Å². The Hall–Kier alpha value is -2.18. The van der Waals surface area contributed by atoms with Crippen LogP contribution in [0.3, 0.4) is 0 Å². The van der Waals surface area contributed by atoms with E-state index in [1.165, 1.54) is 0 Å². The Balaban J connectivity index is 1.77. The third-order valence-corrected chi connectivity index (χ3v) is 4.27. The van der Waals surface area contributed by atoms with Crippen molar-refractivity contribution in [3.63, 3.8) is 0 Å². The van der Waals surface area contributed by atoms with Crippen LogP contribution in [0.15, 0.2) is 36.7 Å². The van der Waals surface area contributed by atoms with Gasteiger partial charge in [0.05, 0.1) is 19.8 Å². The number of rotatable bonds is 5. The molecule has 2 aromatic rings. The predicted molar refractivity (Wildman–Crippen MR) is 91.6 cm³/mol. The summed E-state index contributed by atoms with van der Waals surface area (Å²) in [5, 5.41) is 3.15. The first-order valence-electron chi connectivity index (χ1n) is 8.27. The number of imidazole rings is 1. The largest absolute Gasteiger partial charge is 0.379 e. The van der Waals surface area contributed by atoms with Crippen LogP contribution in [-0.4, -0.2) is 53.2 Å². The van der Waals surface area contributed by atoms with Gasteiger partial charge in [-0.1, -0.05) is 29.8 Å². The van der Waals surface area contributed by atoms with Gasteiger partial charge in [-0.05, 0) is 12.5 Å². The number of nitrogens with zero attached hydrogens (tertiary/aromatic N) is 3. The van der Waals surface area contributed by atoms with Crippen LogP contribution in [0.5, 0.6) is 0 Å². The summed E-state index contributed by atoms with van der Waals surface area (Å²) in [5.74, 6) is 0.835. The van der Waals surface area contributed by atoms with Gasteiger partial charge < -0.3 is 14.6 Å². The number of hydrogen-bond donors (Lipinski definition) is 1. The van der Waals surface area contributed by atoms with Gasteiger partial charge in [-0.25, -0.2) is 4.98 Å². The first kappa shape index (κ1) is 16.7. The zero-order valence-corrected chi connectivity index (χ0v) is 14.2. The zero-order valence-electron chi connectivity index (χ0n) is 14.2. The van der Waals surface area contributed by atoms with Crippen LogP contribution in [0.1, 0.15) is 23.0 Å². The molecule has 24 heavy (non-hydrogen) atoms. The van der Waals surface area contributed by atoms with Gasteiger partial charge in [0.2, 0.25) is 5.91 Å². The first-order valence-corrected chi connectivity index (χ1v) is 8.27. The van der Waals surface area contributed by atoms with Crippen molar-refractivity contribution in [1.82, 2.24) is 19.8 Å². The average Bonchev–Trinajstić information content (AvgIpc) is 2.99. The van der Waals surface area contributed by atoms with Gasteiger partial charge in [-0.2, -0.15) is 0 Å². The van der Waals surface area contributed by atoms with Crippen molar-refractivity contribution >= 4 is 5.91 Å². The molecule has 3 rings (SSSR count). The molecule has 1 atom stereocenters. The molecule has 6 nitrogen and oxygen atoms in total. The third kappa shape index (κ3) is 4.01. The molecule has 1 fully saturated rings. The molecule has 0 radical (unpaired) electrons. The maximum absolute atomic E-state index is 12.6. The van der Waals surface area contributed by atoms with E-state index in [1.807, 2.05) is 29.9 Å². The Morgan fingerprint density at radius 2 is 2.17 bits per heavy atom. The van der Waals surface area contributed by atoms with Crippen molar-refractivity contribution in [3.05, 3.63) is 53.6 Å². The lowest BCUT2D eigenvalue weighted by Crippen LogP contribution is -2.44. The summed E-state index contributed by atoms with van der Waals surface area (Å²) in [7, 11) is 1.94. The molecule has 2 heterocycles. The lowest BCUT2D eigenvalue weighted by molar-refractivity contribution is -0.123. The van der Waals surface area contributed by atoms with Crippen molar-refractivity contribution in [3.8, 4) is 0 Å². The van der Waals surface area contributed by atoms with Crippen LogP contribution in [0, 0.1) is 6.92 Å². The molecule has 1 aromatic carbocycles. The van der Waals surface area contributed by atoms with Gasteiger partial charge in [-0.3, -0.25) is 9.69 Å². The maximum atomic E-state index is 12.6. The normalized spacial score (nSPS) is 16.8. The Morgan fingerprint density at radius 1 is 1.38 bits per heavy atom. The van der Waals surface area contributed by atoms with Crippen LogP contribution in [0.2, 0.25) is 0 Å². The van der Waals surface area contributed by atoms with Gasteiger partial charge in [-0.15, -0.1) is 0 Å². The number of nitrogens with one attached hydrogen (secondary N) is 1. The number of morpholine rings is 1. The van der Waals surface area contributed by atoms with E-state index in [2.05, 4.69) is 34.3 Å². The SMILES string of the molecule is Cc1cccc(C(NC(=O)CN2CCOCC2)c2nccn2C)c1. The zero-order chi connectivity index (χ0) is 16.9. The molecule has 6 heteroatoms. The Labute approximate surface area is 142 Å². The van der Waals surface area contributed by atoms with E-state index in [4.69, 9.17) is 4.74 Å². The van der Waals surface area contributed by atoms with E-state index in [1.54, 1.807) is 6.20 Å². The van der Waals surface area contributed by atoms with Crippen molar-refractivity contribution in [2.75, 3.05) is 32.8 Å². The van der Waals surface area contributed by atoms with Gasteiger partial charge >= 0.3 is 0 Å². The fourth-order valence-corrected chi connectivity index (χ4v) is 2.97. The molecule has 128 valence electrons. The van der Waals surface area contributed by atoms with E-state index in [-0.39, 0.29) is 11.9 Å². The number of hydrogen-bond acceptors (Lipinski definition) is 4. The van der Waals surface area contributed by atoms with Crippen molar-refractivity contribution in [1.29, 1.82) is 0 Å². The minimum absolute atomic E-state index is 0.00593. The summed E-state index contributed by atoms with van der Waals surface area (Å²) in [5.41, 5.74) is 2.20. The number of carbonyl (C=O) groups is 1. The summed E-state index contributed by atoms with van der Waals surface area (Å²) >= 11 is 0. The molecule has 0 spiro atoms. The average molecular weight is 328 g/mol. The minimum atomic E-state index is -0.251. The Bertz CT molecular complexity index is 692. The standard InChI is InChI=1S/C18H24N4O2/c1-14-4-3-5-15(12-14)17(18-19-6-7-21(18)2)20-16(23)13-22-8-10-24-11-9-22/h3-7,12,17H,8-11,13H2,1-2H3,(H,20,23). The van der Waals surface area contributed by atoms with Gasteiger partial charge in [0.15, 0.2) is 0 Å². The molecule has 1 aliphatic heterocycles. The highest BCUT2D eigenvalue weighted by Crippen LogP contribution is 2.21. The molecule has 1 unspecified atom stereocenters. The molecule has 0 bridgehead atoms. The smallest absolute Gasteiger partial charge is 0.235 e. The second kappa shape index (κ2) is 7.59. The van der Waals surface area contributed by atoms with Crippen LogP contribution >= 0.6 is 0 Å². The van der Waals surface area contributed by atoms with Crippen molar-refractivity contribution in [2.24, 2.45) is 7.05 Å². The van der Waals surface area contributed by atoms with Gasteiger partial charge in [0, 0.05) is 32.5 Å². The molecule has 0 aliphatic carbocycles. The number of benzene rings is 1. The molecule has 1 aromatic heterocycles. The highest BCUT2D eigenvalue weighted by Gasteiger charge is 2.22. The summed E-state index contributed by atoms with van der Waals surface area (Å²) in [6, 6.07) is 7.93.